The van der Waals surface area contributed by atoms with Crippen LogP contribution in [0.5, 0.6) is 0 Å². The highest BCUT2D eigenvalue weighted by Gasteiger charge is 2.36. The van der Waals surface area contributed by atoms with Crippen molar-refractivity contribution in [3.63, 3.8) is 0 Å². The van der Waals surface area contributed by atoms with E-state index in [4.69, 9.17) is 0 Å². The normalized spacial score (nSPS) is 23.8. The first-order valence-corrected chi connectivity index (χ1v) is 5.30. The molecule has 0 aliphatic heterocycles. The van der Waals surface area contributed by atoms with E-state index in [9.17, 15) is 14.9 Å². The summed E-state index contributed by atoms with van der Waals surface area (Å²) in [7, 11) is 0. The van der Waals surface area contributed by atoms with Gasteiger partial charge in [-0.2, -0.15) is 0 Å². The van der Waals surface area contributed by atoms with Crippen molar-refractivity contribution in [1.29, 1.82) is 0 Å². The summed E-state index contributed by atoms with van der Waals surface area (Å²) in [6, 6.07) is -0.485. The maximum absolute atomic E-state index is 11.0. The number of ketones is 1. The second-order valence-electron chi connectivity index (χ2n) is 4.04. The molecule has 2 atom stereocenters. The van der Waals surface area contributed by atoms with Gasteiger partial charge >= 0.3 is 0 Å². The molecule has 0 saturated heterocycles. The monoisotopic (exact) mass is 199 g/mol. The van der Waals surface area contributed by atoms with Crippen molar-refractivity contribution in [3.8, 4) is 0 Å². The van der Waals surface area contributed by atoms with Gasteiger partial charge in [0.1, 0.15) is 5.78 Å². The molecule has 0 N–H and O–H groups in total. The van der Waals surface area contributed by atoms with Crippen molar-refractivity contribution in [2.45, 2.75) is 51.5 Å². The van der Waals surface area contributed by atoms with Crippen LogP contribution in [-0.4, -0.2) is 16.7 Å². The maximum atomic E-state index is 11.0. The molecule has 0 aromatic heterocycles. The number of hydrogen-bond acceptors (Lipinski definition) is 3. The van der Waals surface area contributed by atoms with Crippen LogP contribution in [-0.2, 0) is 4.79 Å². The van der Waals surface area contributed by atoms with Crippen LogP contribution in [0, 0.1) is 16.0 Å². The predicted octanol–water partition coefficient (Wildman–Crippen LogP) is 2.19. The number of nitro groups is 1. The Morgan fingerprint density at radius 1 is 1.64 bits per heavy atom. The summed E-state index contributed by atoms with van der Waals surface area (Å²) in [6.07, 6.45) is 4.17. The van der Waals surface area contributed by atoms with Crippen LogP contribution in [0.25, 0.3) is 0 Å². The minimum absolute atomic E-state index is 0.00375. The summed E-state index contributed by atoms with van der Waals surface area (Å²) in [5.41, 5.74) is 0. The summed E-state index contributed by atoms with van der Waals surface area (Å²) in [5.74, 6) is 0.197. The van der Waals surface area contributed by atoms with Crippen LogP contribution in [0.1, 0.15) is 45.4 Å². The van der Waals surface area contributed by atoms with Gasteiger partial charge in [0.15, 0.2) is 0 Å². The molecule has 0 amide bonds. The van der Waals surface area contributed by atoms with Crippen LogP contribution in [0.4, 0.5) is 0 Å². The van der Waals surface area contributed by atoms with E-state index >= 15 is 0 Å². The van der Waals surface area contributed by atoms with Gasteiger partial charge in [0.2, 0.25) is 6.04 Å². The van der Waals surface area contributed by atoms with Gasteiger partial charge in [-0.15, -0.1) is 0 Å². The van der Waals surface area contributed by atoms with Gasteiger partial charge in [-0.05, 0) is 12.8 Å². The molecule has 1 fully saturated rings. The fourth-order valence-electron chi connectivity index (χ4n) is 2.10. The van der Waals surface area contributed by atoms with Gasteiger partial charge < -0.3 is 0 Å². The van der Waals surface area contributed by atoms with Crippen molar-refractivity contribution in [2.75, 3.05) is 0 Å². The first kappa shape index (κ1) is 11.1. The molecule has 0 aromatic carbocycles. The van der Waals surface area contributed by atoms with Crippen LogP contribution >= 0.6 is 0 Å². The molecule has 0 heterocycles. The zero-order chi connectivity index (χ0) is 10.6. The van der Waals surface area contributed by atoms with Gasteiger partial charge in [0.25, 0.3) is 0 Å². The lowest BCUT2D eigenvalue weighted by Crippen LogP contribution is -2.27. The molecule has 1 rings (SSSR count). The SMILES string of the molecule is CCCCC(C1CCC(=O)C1)[N+](=O)[O-]. The molecule has 0 spiro atoms. The lowest BCUT2D eigenvalue weighted by molar-refractivity contribution is -0.533. The highest BCUT2D eigenvalue weighted by Crippen LogP contribution is 2.29. The van der Waals surface area contributed by atoms with Crippen molar-refractivity contribution in [1.82, 2.24) is 0 Å². The molecule has 1 aliphatic rings. The Hall–Kier alpha value is -0.930. The number of Topliss-reactive ketones (excluding diaryl/α,β-unsaturated/α-hetero) is 1. The Balaban J connectivity index is 2.49. The Bertz CT molecular complexity index is 227. The van der Waals surface area contributed by atoms with Crippen molar-refractivity contribution < 1.29 is 9.72 Å². The van der Waals surface area contributed by atoms with E-state index in [0.717, 1.165) is 12.8 Å². The van der Waals surface area contributed by atoms with Crippen molar-refractivity contribution in [2.24, 2.45) is 5.92 Å². The molecular weight excluding hydrogens is 182 g/mol. The van der Waals surface area contributed by atoms with E-state index in [0.29, 0.717) is 25.7 Å². The molecule has 4 nitrogen and oxygen atoms in total. The molecule has 14 heavy (non-hydrogen) atoms. The third-order valence-electron chi connectivity index (χ3n) is 2.95. The van der Waals surface area contributed by atoms with Crippen LogP contribution in [0.15, 0.2) is 0 Å². The first-order valence-electron chi connectivity index (χ1n) is 5.30. The summed E-state index contributed by atoms with van der Waals surface area (Å²) in [4.78, 5) is 21.6. The van der Waals surface area contributed by atoms with Crippen LogP contribution in [0.2, 0.25) is 0 Å². The molecule has 0 radical (unpaired) electrons. The highest BCUT2D eigenvalue weighted by atomic mass is 16.6. The molecule has 4 heteroatoms. The Kier molecular flexibility index (Phi) is 4.04. The number of unbranched alkanes of at least 4 members (excludes halogenated alkanes) is 1. The number of nitrogens with zero attached hydrogens (tertiary/aromatic N) is 1. The second kappa shape index (κ2) is 5.08. The Morgan fingerprint density at radius 2 is 2.36 bits per heavy atom. The van der Waals surface area contributed by atoms with Crippen molar-refractivity contribution >= 4 is 5.78 Å². The summed E-state index contributed by atoms with van der Waals surface area (Å²) in [6.45, 7) is 2.02. The Labute approximate surface area is 83.8 Å². The smallest absolute Gasteiger partial charge is 0.216 e. The number of carbonyl (C=O) groups is 1. The zero-order valence-electron chi connectivity index (χ0n) is 8.57. The van der Waals surface area contributed by atoms with Gasteiger partial charge in [-0.1, -0.05) is 13.3 Å². The quantitative estimate of drug-likeness (QED) is 0.503. The van der Waals surface area contributed by atoms with Gasteiger partial charge in [-0.3, -0.25) is 14.9 Å². The molecule has 80 valence electrons. The fraction of sp³-hybridized carbons (Fsp3) is 0.900. The number of carbonyl (C=O) groups excluding carboxylic acids is 1. The number of rotatable bonds is 5. The lowest BCUT2D eigenvalue weighted by Gasteiger charge is -2.14. The first-order chi connectivity index (χ1) is 6.65. The summed E-state index contributed by atoms with van der Waals surface area (Å²) < 4.78 is 0. The topological polar surface area (TPSA) is 60.2 Å². The van der Waals surface area contributed by atoms with Gasteiger partial charge in [-0.25, -0.2) is 0 Å². The minimum atomic E-state index is -0.485. The van der Waals surface area contributed by atoms with E-state index in [1.54, 1.807) is 0 Å². The van der Waals surface area contributed by atoms with Crippen LogP contribution < -0.4 is 0 Å². The van der Waals surface area contributed by atoms with Crippen LogP contribution in [0.3, 0.4) is 0 Å². The fourth-order valence-corrected chi connectivity index (χ4v) is 2.10. The molecule has 0 bridgehead atoms. The second-order valence-corrected chi connectivity index (χ2v) is 4.04. The van der Waals surface area contributed by atoms with E-state index in [1.165, 1.54) is 0 Å². The van der Waals surface area contributed by atoms with E-state index in [2.05, 4.69) is 0 Å². The van der Waals surface area contributed by atoms with E-state index < -0.39 is 6.04 Å². The predicted molar refractivity (Wildman–Crippen MR) is 52.7 cm³/mol. The largest absolute Gasteiger partial charge is 0.300 e. The molecule has 2 unspecified atom stereocenters. The van der Waals surface area contributed by atoms with E-state index in [-0.39, 0.29) is 16.6 Å². The average Bonchev–Trinajstić information content (AvgIpc) is 2.52. The number of hydrogen-bond donors (Lipinski definition) is 0. The third-order valence-corrected chi connectivity index (χ3v) is 2.95. The van der Waals surface area contributed by atoms with Gasteiger partial charge in [0.05, 0.1) is 0 Å². The average molecular weight is 199 g/mol. The molecular formula is C10H17NO3. The molecule has 1 aliphatic carbocycles. The molecule has 1 saturated carbocycles. The van der Waals surface area contributed by atoms with E-state index in [1.807, 2.05) is 6.92 Å². The Morgan fingerprint density at radius 3 is 2.79 bits per heavy atom. The minimum Gasteiger partial charge on any atom is -0.300 e. The summed E-state index contributed by atoms with van der Waals surface area (Å²) >= 11 is 0. The lowest BCUT2D eigenvalue weighted by atomic mass is 9.94. The van der Waals surface area contributed by atoms with Gasteiger partial charge in [0, 0.05) is 30.1 Å². The maximum Gasteiger partial charge on any atom is 0.216 e. The summed E-state index contributed by atoms with van der Waals surface area (Å²) in [5, 5.41) is 10.8. The highest BCUT2D eigenvalue weighted by molar-refractivity contribution is 5.80. The third kappa shape index (κ3) is 2.79. The zero-order valence-corrected chi connectivity index (χ0v) is 8.57. The molecule has 0 aromatic rings. The standard InChI is InChI=1S/C10H17NO3/c1-2-3-4-10(11(13)14)8-5-6-9(12)7-8/h8,10H,2-7H2,1H3. The van der Waals surface area contributed by atoms with Crippen molar-refractivity contribution in [3.05, 3.63) is 10.1 Å².